The van der Waals surface area contributed by atoms with Gasteiger partial charge in [0.15, 0.2) is 0 Å². The van der Waals surface area contributed by atoms with Gasteiger partial charge in [0.1, 0.15) is 0 Å². The Morgan fingerprint density at radius 3 is 2.29 bits per heavy atom. The summed E-state index contributed by atoms with van der Waals surface area (Å²) in [6.45, 7) is 10.1. The number of hydrogen-bond donors (Lipinski definition) is 1. The molecule has 0 unspecified atom stereocenters. The molecule has 0 radical (unpaired) electrons. The summed E-state index contributed by atoms with van der Waals surface area (Å²) in [5.74, 6) is 0.225. The van der Waals surface area contributed by atoms with Crippen molar-refractivity contribution in [2.45, 2.75) is 40.2 Å². The van der Waals surface area contributed by atoms with Crippen LogP contribution in [0.3, 0.4) is 0 Å². The maximum atomic E-state index is 10.4. The standard InChI is InChI=1S/C13H20O/c1-9(2)13(5,14)12-8-10(3)6-7-11(12)4/h6-9,14H,1-5H3/t13-/m1/s1. The van der Waals surface area contributed by atoms with E-state index in [2.05, 4.69) is 25.1 Å². The molecule has 1 heteroatoms. The Morgan fingerprint density at radius 2 is 1.79 bits per heavy atom. The Kier molecular flexibility index (Phi) is 3.01. The smallest absolute Gasteiger partial charge is 0.0893 e. The van der Waals surface area contributed by atoms with Gasteiger partial charge in [-0.15, -0.1) is 0 Å². The number of aliphatic hydroxyl groups is 1. The van der Waals surface area contributed by atoms with Gasteiger partial charge in [0.05, 0.1) is 5.60 Å². The fourth-order valence-electron chi connectivity index (χ4n) is 1.59. The van der Waals surface area contributed by atoms with E-state index in [1.54, 1.807) is 0 Å². The number of hydrogen-bond acceptors (Lipinski definition) is 1. The van der Waals surface area contributed by atoms with Crippen molar-refractivity contribution in [3.63, 3.8) is 0 Å². The van der Waals surface area contributed by atoms with Gasteiger partial charge in [-0.25, -0.2) is 0 Å². The van der Waals surface area contributed by atoms with Crippen LogP contribution in [0.1, 0.15) is 37.5 Å². The molecule has 0 aromatic heterocycles. The molecule has 1 N–H and O–H groups in total. The molecule has 14 heavy (non-hydrogen) atoms. The Balaban J connectivity index is 3.24. The molecule has 0 fully saturated rings. The fourth-order valence-corrected chi connectivity index (χ4v) is 1.59. The number of aryl methyl sites for hydroxylation is 2. The van der Waals surface area contributed by atoms with E-state index in [1.807, 2.05) is 27.7 Å². The Hall–Kier alpha value is -0.820. The molecule has 0 saturated heterocycles. The second-order valence-electron chi connectivity index (χ2n) is 4.62. The summed E-state index contributed by atoms with van der Waals surface area (Å²) in [5.41, 5.74) is 2.68. The zero-order valence-corrected chi connectivity index (χ0v) is 9.76. The number of rotatable bonds is 2. The van der Waals surface area contributed by atoms with Crippen LogP contribution in [0, 0.1) is 19.8 Å². The van der Waals surface area contributed by atoms with E-state index in [9.17, 15) is 5.11 Å². The van der Waals surface area contributed by atoms with Crippen molar-refractivity contribution in [3.05, 3.63) is 34.9 Å². The molecular formula is C13H20O. The maximum absolute atomic E-state index is 10.4. The lowest BCUT2D eigenvalue weighted by atomic mass is 9.82. The van der Waals surface area contributed by atoms with Gasteiger partial charge in [0, 0.05) is 0 Å². The van der Waals surface area contributed by atoms with Crippen molar-refractivity contribution in [1.82, 2.24) is 0 Å². The van der Waals surface area contributed by atoms with E-state index in [0.717, 1.165) is 11.1 Å². The van der Waals surface area contributed by atoms with Gasteiger partial charge in [-0.2, -0.15) is 0 Å². The van der Waals surface area contributed by atoms with Crippen LogP contribution in [0.2, 0.25) is 0 Å². The van der Waals surface area contributed by atoms with Gasteiger partial charge >= 0.3 is 0 Å². The molecule has 1 aromatic carbocycles. The molecule has 1 rings (SSSR count). The zero-order chi connectivity index (χ0) is 10.9. The fraction of sp³-hybridized carbons (Fsp3) is 0.538. The van der Waals surface area contributed by atoms with Gasteiger partial charge < -0.3 is 5.11 Å². The first-order chi connectivity index (χ1) is 6.35. The van der Waals surface area contributed by atoms with Crippen LogP contribution < -0.4 is 0 Å². The molecule has 1 atom stereocenters. The highest BCUT2D eigenvalue weighted by Gasteiger charge is 2.28. The zero-order valence-electron chi connectivity index (χ0n) is 9.76. The molecule has 78 valence electrons. The summed E-state index contributed by atoms with van der Waals surface area (Å²) < 4.78 is 0. The predicted molar refractivity (Wildman–Crippen MR) is 60.3 cm³/mol. The Labute approximate surface area is 86.8 Å². The van der Waals surface area contributed by atoms with E-state index >= 15 is 0 Å². The van der Waals surface area contributed by atoms with E-state index in [-0.39, 0.29) is 5.92 Å². The summed E-state index contributed by atoms with van der Waals surface area (Å²) in [6.07, 6.45) is 0. The van der Waals surface area contributed by atoms with Crippen molar-refractivity contribution in [1.29, 1.82) is 0 Å². The van der Waals surface area contributed by atoms with Gasteiger partial charge in [0.25, 0.3) is 0 Å². The highest BCUT2D eigenvalue weighted by Crippen LogP contribution is 2.31. The third-order valence-electron chi connectivity index (χ3n) is 3.06. The van der Waals surface area contributed by atoms with Gasteiger partial charge in [-0.1, -0.05) is 37.6 Å². The maximum Gasteiger partial charge on any atom is 0.0893 e. The molecule has 1 nitrogen and oxygen atoms in total. The lowest BCUT2D eigenvalue weighted by Gasteiger charge is -2.30. The first kappa shape index (κ1) is 11.3. The summed E-state index contributed by atoms with van der Waals surface area (Å²) >= 11 is 0. The first-order valence-corrected chi connectivity index (χ1v) is 5.16. The van der Waals surface area contributed by atoms with Crippen LogP contribution in [0.4, 0.5) is 0 Å². The largest absolute Gasteiger partial charge is 0.385 e. The Morgan fingerprint density at radius 1 is 1.21 bits per heavy atom. The minimum Gasteiger partial charge on any atom is -0.385 e. The molecule has 0 spiro atoms. The third-order valence-corrected chi connectivity index (χ3v) is 3.06. The van der Waals surface area contributed by atoms with E-state index in [0.29, 0.717) is 0 Å². The molecule has 0 aliphatic rings. The van der Waals surface area contributed by atoms with Crippen LogP contribution >= 0.6 is 0 Å². The summed E-state index contributed by atoms with van der Waals surface area (Å²) in [7, 11) is 0. The molecule has 0 aliphatic carbocycles. The van der Waals surface area contributed by atoms with Crippen molar-refractivity contribution >= 4 is 0 Å². The second kappa shape index (κ2) is 3.74. The molecule has 0 aliphatic heterocycles. The van der Waals surface area contributed by atoms with Crippen LogP contribution in [0.5, 0.6) is 0 Å². The van der Waals surface area contributed by atoms with Crippen LogP contribution in [0.15, 0.2) is 18.2 Å². The molecule has 1 aromatic rings. The topological polar surface area (TPSA) is 20.2 Å². The lowest BCUT2D eigenvalue weighted by Crippen LogP contribution is -2.29. The molecular weight excluding hydrogens is 172 g/mol. The van der Waals surface area contributed by atoms with Gasteiger partial charge in [-0.05, 0) is 37.8 Å². The minimum atomic E-state index is -0.726. The van der Waals surface area contributed by atoms with Crippen LogP contribution in [-0.2, 0) is 5.60 Å². The lowest BCUT2D eigenvalue weighted by molar-refractivity contribution is 0.00842. The molecule has 0 saturated carbocycles. The second-order valence-corrected chi connectivity index (χ2v) is 4.62. The van der Waals surface area contributed by atoms with Crippen molar-refractivity contribution in [3.8, 4) is 0 Å². The van der Waals surface area contributed by atoms with Crippen LogP contribution in [-0.4, -0.2) is 5.11 Å². The summed E-state index contributed by atoms with van der Waals surface area (Å²) in [4.78, 5) is 0. The first-order valence-electron chi connectivity index (χ1n) is 5.16. The van der Waals surface area contributed by atoms with E-state index in [4.69, 9.17) is 0 Å². The van der Waals surface area contributed by atoms with Crippen molar-refractivity contribution in [2.75, 3.05) is 0 Å². The summed E-state index contributed by atoms with van der Waals surface area (Å²) in [6, 6.07) is 6.23. The van der Waals surface area contributed by atoms with Gasteiger partial charge in [0.2, 0.25) is 0 Å². The number of benzene rings is 1. The quantitative estimate of drug-likeness (QED) is 0.763. The van der Waals surface area contributed by atoms with Crippen LogP contribution in [0.25, 0.3) is 0 Å². The predicted octanol–water partition coefficient (Wildman–Crippen LogP) is 3.17. The third kappa shape index (κ3) is 1.98. The normalized spacial score (nSPS) is 15.6. The SMILES string of the molecule is Cc1ccc(C)c([C@](C)(O)C(C)C)c1. The average Bonchev–Trinajstić information content (AvgIpc) is 2.08. The van der Waals surface area contributed by atoms with E-state index < -0.39 is 5.60 Å². The highest BCUT2D eigenvalue weighted by molar-refractivity contribution is 5.34. The minimum absolute atomic E-state index is 0.225. The van der Waals surface area contributed by atoms with Crippen molar-refractivity contribution < 1.29 is 5.11 Å². The highest BCUT2D eigenvalue weighted by atomic mass is 16.3. The van der Waals surface area contributed by atoms with Gasteiger partial charge in [-0.3, -0.25) is 0 Å². The monoisotopic (exact) mass is 192 g/mol. The summed E-state index contributed by atoms with van der Waals surface area (Å²) in [5, 5.41) is 10.4. The Bertz CT molecular complexity index is 324. The molecule has 0 bridgehead atoms. The van der Waals surface area contributed by atoms with Crippen molar-refractivity contribution in [2.24, 2.45) is 5.92 Å². The molecule has 0 heterocycles. The molecule has 0 amide bonds. The van der Waals surface area contributed by atoms with E-state index in [1.165, 1.54) is 5.56 Å². The average molecular weight is 192 g/mol.